The summed E-state index contributed by atoms with van der Waals surface area (Å²) in [5, 5.41) is 10.5. The van der Waals surface area contributed by atoms with Crippen LogP contribution in [0.2, 0.25) is 0 Å². The van der Waals surface area contributed by atoms with Crippen LogP contribution in [-0.2, 0) is 25.7 Å². The zero-order valence-corrected chi connectivity index (χ0v) is 14.7. The van der Waals surface area contributed by atoms with Gasteiger partial charge in [-0.05, 0) is 25.5 Å². The van der Waals surface area contributed by atoms with Crippen molar-refractivity contribution in [2.75, 3.05) is 20.1 Å². The third-order valence-electron chi connectivity index (χ3n) is 4.19. The second-order valence-corrected chi connectivity index (χ2v) is 6.20. The van der Waals surface area contributed by atoms with Gasteiger partial charge in [0.1, 0.15) is 0 Å². The summed E-state index contributed by atoms with van der Waals surface area (Å²) in [5.41, 5.74) is 0.861. The van der Waals surface area contributed by atoms with Gasteiger partial charge in [-0.15, -0.1) is 0 Å². The molecule has 3 amide bonds. The molecule has 1 saturated heterocycles. The van der Waals surface area contributed by atoms with Crippen LogP contribution in [0.1, 0.15) is 18.4 Å². The van der Waals surface area contributed by atoms with Crippen molar-refractivity contribution >= 4 is 23.5 Å². The predicted octanol–water partition coefficient (Wildman–Crippen LogP) is -0.898. The molecule has 2 unspecified atom stereocenters. The van der Waals surface area contributed by atoms with E-state index in [-0.39, 0.29) is 31.3 Å². The summed E-state index contributed by atoms with van der Waals surface area (Å²) in [6, 6.07) is 8.17. The molecule has 0 aromatic heterocycles. The van der Waals surface area contributed by atoms with E-state index < -0.39 is 23.6 Å². The van der Waals surface area contributed by atoms with E-state index in [1.165, 1.54) is 0 Å². The number of Topliss-reactive ketones (excluding diaryl/α,β-unsaturated/α-hetero) is 1. The van der Waals surface area contributed by atoms with E-state index in [1.807, 2.05) is 30.3 Å². The van der Waals surface area contributed by atoms with Crippen LogP contribution in [0.25, 0.3) is 0 Å². The van der Waals surface area contributed by atoms with Crippen LogP contribution < -0.4 is 21.3 Å². The maximum atomic E-state index is 12.5. The number of hydrogen-bond acceptors (Lipinski definition) is 5. The zero-order valence-electron chi connectivity index (χ0n) is 14.7. The van der Waals surface area contributed by atoms with Crippen LogP contribution >= 0.6 is 0 Å². The standard InChI is InChI=1S/C18H24N4O4/c1-19-11-15(23)22-14(9-13-7-8-20-17(13)25)16(24)18(26)21-10-12-5-3-2-4-6-12/h2-6,13-14,19H,7-11H2,1H3,(H,20,25)(H,21,26)(H,22,23). The average molecular weight is 360 g/mol. The maximum Gasteiger partial charge on any atom is 0.289 e. The van der Waals surface area contributed by atoms with Gasteiger partial charge in [-0.25, -0.2) is 0 Å². The number of hydrogen-bond donors (Lipinski definition) is 4. The molecule has 4 N–H and O–H groups in total. The van der Waals surface area contributed by atoms with Crippen LogP contribution in [0.3, 0.4) is 0 Å². The molecule has 1 aromatic rings. The normalized spacial score (nSPS) is 17.3. The first-order valence-electron chi connectivity index (χ1n) is 8.59. The molecule has 2 atom stereocenters. The maximum absolute atomic E-state index is 12.5. The van der Waals surface area contributed by atoms with Crippen LogP contribution in [0.4, 0.5) is 0 Å². The van der Waals surface area contributed by atoms with E-state index in [0.717, 1.165) is 5.56 Å². The number of ketones is 1. The highest BCUT2D eigenvalue weighted by atomic mass is 16.2. The monoisotopic (exact) mass is 360 g/mol. The van der Waals surface area contributed by atoms with Gasteiger partial charge >= 0.3 is 0 Å². The van der Waals surface area contributed by atoms with Crippen molar-refractivity contribution in [3.05, 3.63) is 35.9 Å². The molecule has 2 rings (SSSR count). The third kappa shape index (κ3) is 5.66. The zero-order chi connectivity index (χ0) is 18.9. The third-order valence-corrected chi connectivity index (χ3v) is 4.19. The van der Waals surface area contributed by atoms with E-state index >= 15 is 0 Å². The van der Waals surface area contributed by atoms with Crippen LogP contribution in [0.15, 0.2) is 30.3 Å². The molecule has 26 heavy (non-hydrogen) atoms. The molecule has 0 saturated carbocycles. The van der Waals surface area contributed by atoms with Gasteiger partial charge in [-0.2, -0.15) is 0 Å². The highest BCUT2D eigenvalue weighted by molar-refractivity contribution is 6.38. The van der Waals surface area contributed by atoms with E-state index in [4.69, 9.17) is 0 Å². The van der Waals surface area contributed by atoms with Gasteiger partial charge in [0, 0.05) is 19.0 Å². The Balaban J connectivity index is 1.99. The molecule has 8 nitrogen and oxygen atoms in total. The van der Waals surface area contributed by atoms with Crippen molar-refractivity contribution in [3.8, 4) is 0 Å². The van der Waals surface area contributed by atoms with Gasteiger partial charge in [0.25, 0.3) is 5.91 Å². The Morgan fingerprint density at radius 2 is 1.96 bits per heavy atom. The molecular formula is C18H24N4O4. The Bertz CT molecular complexity index is 662. The van der Waals surface area contributed by atoms with E-state index in [0.29, 0.717) is 13.0 Å². The molecule has 140 valence electrons. The smallest absolute Gasteiger partial charge is 0.289 e. The summed E-state index contributed by atoms with van der Waals surface area (Å²) in [6.07, 6.45) is 0.690. The highest BCUT2D eigenvalue weighted by Gasteiger charge is 2.33. The minimum absolute atomic E-state index is 0.0201. The molecule has 0 aliphatic carbocycles. The fraction of sp³-hybridized carbons (Fsp3) is 0.444. The van der Waals surface area contributed by atoms with Gasteiger partial charge in [-0.1, -0.05) is 30.3 Å². The van der Waals surface area contributed by atoms with E-state index in [2.05, 4.69) is 21.3 Å². The first-order chi connectivity index (χ1) is 12.5. The molecule has 1 aromatic carbocycles. The van der Waals surface area contributed by atoms with Crippen LogP contribution in [-0.4, -0.2) is 49.7 Å². The van der Waals surface area contributed by atoms with Crippen molar-refractivity contribution in [2.45, 2.75) is 25.4 Å². The summed E-state index contributed by atoms with van der Waals surface area (Å²) in [5.74, 6) is -2.47. The SMILES string of the molecule is CNCC(=O)NC(CC1CCNC1=O)C(=O)C(=O)NCc1ccccc1. The average Bonchev–Trinajstić information content (AvgIpc) is 3.04. The predicted molar refractivity (Wildman–Crippen MR) is 94.9 cm³/mol. The fourth-order valence-electron chi connectivity index (χ4n) is 2.82. The molecule has 1 aliphatic heterocycles. The lowest BCUT2D eigenvalue weighted by Gasteiger charge is -2.19. The highest BCUT2D eigenvalue weighted by Crippen LogP contribution is 2.16. The Morgan fingerprint density at radius 1 is 1.23 bits per heavy atom. The number of carbonyl (C=O) groups is 4. The van der Waals surface area contributed by atoms with Crippen LogP contribution in [0.5, 0.6) is 0 Å². The Morgan fingerprint density at radius 3 is 2.58 bits per heavy atom. The Kier molecular flexibility index (Phi) is 7.28. The number of carbonyl (C=O) groups excluding carboxylic acids is 4. The number of amides is 3. The molecular weight excluding hydrogens is 336 g/mol. The fourth-order valence-corrected chi connectivity index (χ4v) is 2.82. The lowest BCUT2D eigenvalue weighted by atomic mass is 9.95. The van der Waals surface area contributed by atoms with Crippen molar-refractivity contribution < 1.29 is 19.2 Å². The van der Waals surface area contributed by atoms with E-state index in [1.54, 1.807) is 7.05 Å². The van der Waals surface area contributed by atoms with Crippen molar-refractivity contribution in [2.24, 2.45) is 5.92 Å². The Labute approximate surface area is 152 Å². The summed E-state index contributed by atoms with van der Waals surface area (Å²) in [6.45, 7) is 0.772. The van der Waals surface area contributed by atoms with Crippen molar-refractivity contribution in [1.29, 1.82) is 0 Å². The van der Waals surface area contributed by atoms with Gasteiger partial charge in [-0.3, -0.25) is 19.2 Å². The summed E-state index contributed by atoms with van der Waals surface area (Å²) >= 11 is 0. The van der Waals surface area contributed by atoms with Gasteiger partial charge in [0.05, 0.1) is 12.6 Å². The van der Waals surface area contributed by atoms with Gasteiger partial charge in [0.2, 0.25) is 17.6 Å². The largest absolute Gasteiger partial charge is 0.356 e. The number of nitrogens with one attached hydrogen (secondary N) is 4. The number of rotatable bonds is 9. The summed E-state index contributed by atoms with van der Waals surface area (Å²) in [7, 11) is 1.60. The molecule has 0 radical (unpaired) electrons. The molecule has 1 aliphatic rings. The first-order valence-corrected chi connectivity index (χ1v) is 8.59. The van der Waals surface area contributed by atoms with Crippen molar-refractivity contribution in [3.63, 3.8) is 0 Å². The quantitative estimate of drug-likeness (QED) is 0.426. The van der Waals surface area contributed by atoms with E-state index in [9.17, 15) is 19.2 Å². The topological polar surface area (TPSA) is 116 Å². The second-order valence-electron chi connectivity index (χ2n) is 6.20. The van der Waals surface area contributed by atoms with Gasteiger partial charge < -0.3 is 21.3 Å². The molecule has 8 heteroatoms. The summed E-state index contributed by atoms with van der Waals surface area (Å²) < 4.78 is 0. The second kappa shape index (κ2) is 9.67. The molecule has 0 bridgehead atoms. The number of likely N-dealkylation sites (N-methyl/N-ethyl adjacent to an activating group) is 1. The lowest BCUT2D eigenvalue weighted by Crippen LogP contribution is -2.50. The minimum Gasteiger partial charge on any atom is -0.356 e. The summed E-state index contributed by atoms with van der Waals surface area (Å²) in [4.78, 5) is 48.4. The minimum atomic E-state index is -1.03. The Hall–Kier alpha value is -2.74. The molecule has 1 fully saturated rings. The van der Waals surface area contributed by atoms with Gasteiger partial charge in [0.15, 0.2) is 0 Å². The first kappa shape index (κ1) is 19.6. The number of benzene rings is 1. The molecule has 1 heterocycles. The van der Waals surface area contributed by atoms with Crippen LogP contribution in [0, 0.1) is 5.92 Å². The lowest BCUT2D eigenvalue weighted by molar-refractivity contribution is -0.140. The van der Waals surface area contributed by atoms with Crippen molar-refractivity contribution in [1.82, 2.24) is 21.3 Å². The molecule has 0 spiro atoms.